The monoisotopic (exact) mass is 514 g/mol. The predicted octanol–water partition coefficient (Wildman–Crippen LogP) is 4.61. The molecule has 0 spiro atoms. The second kappa shape index (κ2) is 10.5. The van der Waals surface area contributed by atoms with E-state index in [2.05, 4.69) is 29.0 Å². The molecule has 0 bridgehead atoms. The largest absolute Gasteiger partial charge is 0.496 e. The van der Waals surface area contributed by atoms with Crippen LogP contribution >= 0.6 is 0 Å². The molecule has 1 aliphatic carbocycles. The number of hydrogen-bond donors (Lipinski definition) is 1. The number of carbonyl (C=O) groups excluding carboxylic acids is 1. The number of nitrogens with zero attached hydrogens (tertiary/aromatic N) is 3. The molecule has 37 heavy (non-hydrogen) atoms. The minimum absolute atomic E-state index is 0.0501. The summed E-state index contributed by atoms with van der Waals surface area (Å²) in [5.41, 5.74) is 1.76. The number of alkyl halides is 2. The molecule has 0 radical (unpaired) electrons. The number of halogens is 2. The van der Waals surface area contributed by atoms with Crippen LogP contribution in [0.5, 0.6) is 17.2 Å². The van der Waals surface area contributed by atoms with Gasteiger partial charge < -0.3 is 24.4 Å². The lowest BCUT2D eigenvalue weighted by Gasteiger charge is -2.20. The number of benzene rings is 1. The predicted molar refractivity (Wildman–Crippen MR) is 135 cm³/mol. The minimum Gasteiger partial charge on any atom is -0.496 e. The molecular formula is C27H32F2N4O4. The molecule has 5 rings (SSSR count). The van der Waals surface area contributed by atoms with Crippen LogP contribution in [0.3, 0.4) is 0 Å². The van der Waals surface area contributed by atoms with Gasteiger partial charge in [0.15, 0.2) is 0 Å². The van der Waals surface area contributed by atoms with E-state index in [-0.39, 0.29) is 23.1 Å². The molecule has 2 fully saturated rings. The van der Waals surface area contributed by atoms with Crippen LogP contribution < -0.4 is 19.5 Å². The third-order valence-corrected chi connectivity index (χ3v) is 6.96. The Hall–Kier alpha value is -3.40. The van der Waals surface area contributed by atoms with Crippen molar-refractivity contribution in [2.24, 2.45) is 5.92 Å². The van der Waals surface area contributed by atoms with Crippen LogP contribution in [0.15, 0.2) is 36.7 Å². The van der Waals surface area contributed by atoms with Crippen molar-refractivity contribution in [3.8, 4) is 28.5 Å². The Balaban J connectivity index is 1.39. The second-order valence-corrected chi connectivity index (χ2v) is 9.97. The topological polar surface area (TPSA) is 77.3 Å². The summed E-state index contributed by atoms with van der Waals surface area (Å²) in [7, 11) is 1.39. The van der Waals surface area contributed by atoms with Gasteiger partial charge >= 0.3 is 6.61 Å². The number of nitrogens with one attached hydrogen (secondary N) is 1. The molecule has 1 N–H and O–H groups in total. The van der Waals surface area contributed by atoms with Crippen LogP contribution in [-0.4, -0.2) is 65.7 Å². The van der Waals surface area contributed by atoms with Gasteiger partial charge in [-0.3, -0.25) is 9.20 Å². The lowest BCUT2D eigenvalue weighted by molar-refractivity contribution is -0.0502. The van der Waals surface area contributed by atoms with E-state index >= 15 is 0 Å². The number of rotatable bonds is 10. The molecule has 8 nitrogen and oxygen atoms in total. The van der Waals surface area contributed by atoms with E-state index in [9.17, 15) is 13.6 Å². The molecule has 1 aromatic carbocycles. The summed E-state index contributed by atoms with van der Waals surface area (Å²) in [6.07, 6.45) is 6.31. The molecule has 10 heteroatoms. The molecular weight excluding hydrogens is 482 g/mol. The average molecular weight is 515 g/mol. The van der Waals surface area contributed by atoms with Crippen molar-refractivity contribution in [1.82, 2.24) is 19.6 Å². The molecule has 1 saturated carbocycles. The lowest BCUT2D eigenvalue weighted by Crippen LogP contribution is -2.29. The third kappa shape index (κ3) is 5.64. The summed E-state index contributed by atoms with van der Waals surface area (Å²) < 4.78 is 44.6. The van der Waals surface area contributed by atoms with Crippen LogP contribution in [0.2, 0.25) is 0 Å². The fourth-order valence-corrected chi connectivity index (χ4v) is 4.74. The number of carbonyl (C=O) groups is 1. The van der Waals surface area contributed by atoms with Gasteiger partial charge in [0.1, 0.15) is 28.5 Å². The summed E-state index contributed by atoms with van der Waals surface area (Å²) in [6, 6.07) is 7.35. The van der Waals surface area contributed by atoms with Gasteiger partial charge in [-0.25, -0.2) is 4.98 Å². The van der Waals surface area contributed by atoms with E-state index in [0.29, 0.717) is 35.5 Å². The molecule has 1 atom stereocenters. The Bertz CT molecular complexity index is 1270. The Morgan fingerprint density at radius 2 is 1.97 bits per heavy atom. The molecule has 1 saturated heterocycles. The van der Waals surface area contributed by atoms with Crippen molar-refractivity contribution in [3.05, 3.63) is 42.2 Å². The van der Waals surface area contributed by atoms with Crippen LogP contribution in [0.25, 0.3) is 16.9 Å². The van der Waals surface area contributed by atoms with Crippen molar-refractivity contribution < 1.29 is 27.8 Å². The van der Waals surface area contributed by atoms with Crippen LogP contribution in [0, 0.1) is 5.92 Å². The maximum absolute atomic E-state index is 13.3. The van der Waals surface area contributed by atoms with E-state index in [4.69, 9.17) is 14.2 Å². The SMILES string of the molecule is COc1cc(-c2cnc3cc(OC[C@H]4CCN(C(C)C)C4)ccn23)cc(OC(F)F)c1C(=O)NC1CC1. The molecule has 1 amide bonds. The lowest BCUT2D eigenvalue weighted by atomic mass is 10.1. The molecule has 0 unspecified atom stereocenters. The fourth-order valence-electron chi connectivity index (χ4n) is 4.74. The first kappa shape index (κ1) is 25.3. The number of likely N-dealkylation sites (tertiary alicyclic amines) is 1. The van der Waals surface area contributed by atoms with Crippen molar-refractivity contribution in [2.75, 3.05) is 26.8 Å². The zero-order valence-electron chi connectivity index (χ0n) is 21.2. The summed E-state index contributed by atoms with van der Waals surface area (Å²) in [6.45, 7) is 4.09. The Labute approximate surface area is 214 Å². The highest BCUT2D eigenvalue weighted by Crippen LogP contribution is 2.37. The van der Waals surface area contributed by atoms with Crippen molar-refractivity contribution >= 4 is 11.6 Å². The molecule has 2 aliphatic rings. The van der Waals surface area contributed by atoms with Crippen molar-refractivity contribution in [3.63, 3.8) is 0 Å². The Morgan fingerprint density at radius 3 is 2.65 bits per heavy atom. The maximum atomic E-state index is 13.3. The highest BCUT2D eigenvalue weighted by Gasteiger charge is 2.29. The molecule has 1 aliphatic heterocycles. The van der Waals surface area contributed by atoms with Crippen molar-refractivity contribution in [1.29, 1.82) is 0 Å². The summed E-state index contributed by atoms with van der Waals surface area (Å²) in [5.74, 6) is 0.613. The first-order valence-corrected chi connectivity index (χ1v) is 12.6. The van der Waals surface area contributed by atoms with E-state index in [1.165, 1.54) is 13.2 Å². The first-order chi connectivity index (χ1) is 17.8. The molecule has 198 valence electrons. The van der Waals surface area contributed by atoms with Gasteiger partial charge in [0.05, 0.1) is 25.6 Å². The van der Waals surface area contributed by atoms with Crippen LogP contribution in [0.4, 0.5) is 8.78 Å². The first-order valence-electron chi connectivity index (χ1n) is 12.6. The number of hydrogen-bond acceptors (Lipinski definition) is 6. The smallest absolute Gasteiger partial charge is 0.387 e. The standard InChI is InChI=1S/C27H32F2N4O4/c1-16(2)32-8-6-17(14-32)15-36-20-7-9-33-21(13-30-24(33)12-20)18-10-22(35-3)25(23(11-18)37-27(28)29)26(34)31-19-4-5-19/h7,9-13,16-17,19,27H,4-6,8,14-15H2,1-3H3,(H,31,34)/t17-/m0/s1. The molecule has 3 aromatic rings. The normalized spacial score (nSPS) is 18.1. The van der Waals surface area contributed by atoms with Crippen molar-refractivity contribution in [2.45, 2.75) is 51.8 Å². The Morgan fingerprint density at radius 1 is 1.19 bits per heavy atom. The van der Waals surface area contributed by atoms with E-state index < -0.39 is 12.5 Å². The number of aromatic nitrogens is 2. The molecule has 3 heterocycles. The summed E-state index contributed by atoms with van der Waals surface area (Å²) >= 11 is 0. The van der Waals surface area contributed by atoms with E-state index in [1.807, 2.05) is 22.7 Å². The fraction of sp³-hybridized carbons (Fsp3) is 0.481. The van der Waals surface area contributed by atoms with E-state index in [1.54, 1.807) is 12.3 Å². The number of ether oxygens (including phenoxy) is 3. The average Bonchev–Trinajstić information content (AvgIpc) is 3.37. The van der Waals surface area contributed by atoms with Crippen LogP contribution in [-0.2, 0) is 0 Å². The van der Waals surface area contributed by atoms with Gasteiger partial charge in [0.2, 0.25) is 0 Å². The van der Waals surface area contributed by atoms with Gasteiger partial charge in [-0.05, 0) is 57.9 Å². The highest BCUT2D eigenvalue weighted by molar-refractivity contribution is 6.01. The maximum Gasteiger partial charge on any atom is 0.387 e. The number of pyridine rings is 1. The highest BCUT2D eigenvalue weighted by atomic mass is 19.3. The quantitative estimate of drug-likeness (QED) is 0.426. The zero-order valence-corrected chi connectivity index (χ0v) is 21.2. The minimum atomic E-state index is -3.10. The van der Waals surface area contributed by atoms with Gasteiger partial charge in [-0.2, -0.15) is 8.78 Å². The summed E-state index contributed by atoms with van der Waals surface area (Å²) in [4.78, 5) is 19.7. The number of imidazole rings is 1. The van der Waals surface area contributed by atoms with Gasteiger partial charge in [-0.1, -0.05) is 0 Å². The van der Waals surface area contributed by atoms with E-state index in [0.717, 1.165) is 38.1 Å². The zero-order chi connectivity index (χ0) is 26.1. The van der Waals surface area contributed by atoms with Gasteiger partial charge in [0.25, 0.3) is 5.91 Å². The number of fused-ring (bicyclic) bond motifs is 1. The summed E-state index contributed by atoms with van der Waals surface area (Å²) in [5, 5.41) is 2.81. The third-order valence-electron chi connectivity index (χ3n) is 6.96. The number of amides is 1. The van der Waals surface area contributed by atoms with Gasteiger partial charge in [0, 0.05) is 42.4 Å². The second-order valence-electron chi connectivity index (χ2n) is 9.97. The molecule has 2 aromatic heterocycles. The number of methoxy groups -OCH3 is 1. The van der Waals surface area contributed by atoms with Crippen LogP contribution in [0.1, 0.15) is 43.5 Å². The Kier molecular flexibility index (Phi) is 7.19. The van der Waals surface area contributed by atoms with Gasteiger partial charge in [-0.15, -0.1) is 0 Å².